The minimum absolute atomic E-state index is 0.0186. The zero-order chi connectivity index (χ0) is 27.9. The van der Waals surface area contributed by atoms with Crippen molar-refractivity contribution in [1.29, 1.82) is 0 Å². The predicted molar refractivity (Wildman–Crippen MR) is 137 cm³/mol. The number of alkyl halides is 3. The first kappa shape index (κ1) is 27.3. The summed E-state index contributed by atoms with van der Waals surface area (Å²) in [6, 6.07) is 10.4. The summed E-state index contributed by atoms with van der Waals surface area (Å²) in [5.41, 5.74) is 2.92. The van der Waals surface area contributed by atoms with E-state index >= 15 is 0 Å². The van der Waals surface area contributed by atoms with Gasteiger partial charge in [-0.3, -0.25) is 9.58 Å². The van der Waals surface area contributed by atoms with Crippen LogP contribution in [0.5, 0.6) is 0 Å². The first-order valence-electron chi connectivity index (χ1n) is 12.5. The van der Waals surface area contributed by atoms with E-state index in [1.54, 1.807) is 35.0 Å². The summed E-state index contributed by atoms with van der Waals surface area (Å²) in [6.07, 6.45) is -1.79. The zero-order valence-electron chi connectivity index (χ0n) is 21.4. The fraction of sp³-hybridized carbons (Fsp3) is 0.385. The normalized spacial score (nSPS) is 18.1. The van der Waals surface area contributed by atoms with Crippen LogP contribution in [-0.2, 0) is 17.1 Å². The summed E-state index contributed by atoms with van der Waals surface area (Å²) in [6.45, 7) is 2.05. The van der Waals surface area contributed by atoms with Gasteiger partial charge in [0.25, 0.3) is 10.0 Å². The van der Waals surface area contributed by atoms with Gasteiger partial charge in [0.15, 0.2) is 5.03 Å². The van der Waals surface area contributed by atoms with Gasteiger partial charge in [0, 0.05) is 50.9 Å². The number of rotatable bonds is 6. The van der Waals surface area contributed by atoms with E-state index in [2.05, 4.69) is 10.2 Å². The molecule has 2 aromatic carbocycles. The lowest BCUT2D eigenvalue weighted by Gasteiger charge is -2.33. The van der Waals surface area contributed by atoms with Gasteiger partial charge in [-0.25, -0.2) is 17.5 Å². The van der Waals surface area contributed by atoms with Crippen molar-refractivity contribution in [2.75, 3.05) is 26.2 Å². The Hall–Kier alpha value is -3.29. The molecule has 13 heteroatoms. The van der Waals surface area contributed by atoms with Crippen LogP contribution in [0.4, 0.5) is 17.6 Å². The van der Waals surface area contributed by atoms with Crippen molar-refractivity contribution in [3.8, 4) is 5.69 Å². The Labute approximate surface area is 223 Å². The molecule has 39 heavy (non-hydrogen) atoms. The van der Waals surface area contributed by atoms with Gasteiger partial charge in [-0.1, -0.05) is 0 Å². The van der Waals surface area contributed by atoms with Gasteiger partial charge in [0.1, 0.15) is 5.82 Å². The molecule has 208 valence electrons. The van der Waals surface area contributed by atoms with Crippen LogP contribution in [0, 0.1) is 12.7 Å². The molecule has 0 saturated carbocycles. The summed E-state index contributed by atoms with van der Waals surface area (Å²) >= 11 is 0. The van der Waals surface area contributed by atoms with Crippen LogP contribution in [0.1, 0.15) is 30.0 Å². The van der Waals surface area contributed by atoms with E-state index in [1.165, 1.54) is 33.4 Å². The Morgan fingerprint density at radius 2 is 1.82 bits per heavy atom. The van der Waals surface area contributed by atoms with Crippen LogP contribution >= 0.6 is 0 Å². The second kappa shape index (κ2) is 10.4. The molecule has 0 aliphatic carbocycles. The molecule has 0 amide bonds. The number of hydrogen-bond donors (Lipinski definition) is 0. The van der Waals surface area contributed by atoms with Crippen LogP contribution in [0.2, 0.25) is 0 Å². The van der Waals surface area contributed by atoms with E-state index in [4.69, 9.17) is 0 Å². The molecule has 0 spiro atoms. The quantitative estimate of drug-likeness (QED) is 0.320. The monoisotopic (exact) mass is 564 g/mol. The number of aryl methyl sites for hydroxylation is 2. The van der Waals surface area contributed by atoms with Gasteiger partial charge >= 0.3 is 6.18 Å². The third kappa shape index (κ3) is 5.70. The number of sulfonamides is 1. The van der Waals surface area contributed by atoms with Crippen LogP contribution in [0.15, 0.2) is 59.9 Å². The maximum Gasteiger partial charge on any atom is 0.390 e. The van der Waals surface area contributed by atoms with E-state index < -0.39 is 28.7 Å². The Kier molecular flexibility index (Phi) is 7.25. The number of aromatic nitrogens is 4. The van der Waals surface area contributed by atoms with Crippen molar-refractivity contribution in [1.82, 2.24) is 28.8 Å². The third-order valence-corrected chi connectivity index (χ3v) is 8.79. The number of benzene rings is 2. The molecule has 3 heterocycles. The van der Waals surface area contributed by atoms with Gasteiger partial charge in [-0.2, -0.15) is 27.7 Å². The third-order valence-electron chi connectivity index (χ3n) is 7.03. The Morgan fingerprint density at radius 1 is 1.08 bits per heavy atom. The molecular formula is C26H28F4N6O2S. The summed E-state index contributed by atoms with van der Waals surface area (Å²) < 4.78 is 84.4. The van der Waals surface area contributed by atoms with Gasteiger partial charge in [-0.15, -0.1) is 0 Å². The van der Waals surface area contributed by atoms with E-state index in [0.29, 0.717) is 18.7 Å². The SMILES string of the molecule is Cc1cc2c(cnn2-c2ccc(F)cc2)cc1C1CN(S(=O)(=O)c2ccn(C)n2)CCCN1CCC(F)(F)F. The Balaban J connectivity index is 1.55. The Morgan fingerprint density at radius 3 is 2.49 bits per heavy atom. The maximum atomic E-state index is 13.4. The maximum absolute atomic E-state index is 13.4. The summed E-state index contributed by atoms with van der Waals surface area (Å²) in [5, 5.41) is 9.14. The van der Waals surface area contributed by atoms with Crippen molar-refractivity contribution in [2.24, 2.45) is 7.05 Å². The molecule has 1 saturated heterocycles. The average Bonchev–Trinajstić information content (AvgIpc) is 3.42. The standard InChI is InChI=1S/C26H28F4N6O2S/c1-18-14-23-19(16-31-36(23)21-6-4-20(27)5-7-21)15-22(18)24-17-35(39(37,38)25-8-12-33(2)32-25)11-3-10-34(24)13-9-26(28,29)30/h4-8,12,14-16,24H,3,9-11,13,17H2,1-2H3. The largest absolute Gasteiger partial charge is 0.390 e. The zero-order valence-corrected chi connectivity index (χ0v) is 22.3. The average molecular weight is 565 g/mol. The number of hydrogen-bond acceptors (Lipinski definition) is 5. The molecule has 1 unspecified atom stereocenters. The smallest absolute Gasteiger partial charge is 0.295 e. The highest BCUT2D eigenvalue weighted by Gasteiger charge is 2.37. The second-order valence-electron chi connectivity index (χ2n) is 9.76. The number of fused-ring (bicyclic) bond motifs is 1. The second-order valence-corrected chi connectivity index (χ2v) is 11.6. The Bertz CT molecular complexity index is 1580. The lowest BCUT2D eigenvalue weighted by atomic mass is 9.97. The molecular weight excluding hydrogens is 536 g/mol. The number of halogens is 4. The van der Waals surface area contributed by atoms with Crippen molar-refractivity contribution >= 4 is 20.9 Å². The molecule has 1 aliphatic rings. The fourth-order valence-corrected chi connectivity index (χ4v) is 6.50. The molecule has 1 atom stereocenters. The van der Waals surface area contributed by atoms with Gasteiger partial charge in [0.2, 0.25) is 0 Å². The van der Waals surface area contributed by atoms with Crippen molar-refractivity contribution in [3.63, 3.8) is 0 Å². The first-order valence-corrected chi connectivity index (χ1v) is 13.9. The van der Waals surface area contributed by atoms with E-state index in [1.807, 2.05) is 19.1 Å². The van der Waals surface area contributed by atoms with E-state index in [-0.39, 0.29) is 30.5 Å². The lowest BCUT2D eigenvalue weighted by molar-refractivity contribution is -0.139. The van der Waals surface area contributed by atoms with Gasteiger partial charge in [0.05, 0.1) is 23.8 Å². The molecule has 4 aromatic rings. The van der Waals surface area contributed by atoms with Crippen LogP contribution in [0.25, 0.3) is 16.6 Å². The first-order chi connectivity index (χ1) is 18.4. The highest BCUT2D eigenvalue weighted by molar-refractivity contribution is 7.89. The summed E-state index contributed by atoms with van der Waals surface area (Å²) in [5.74, 6) is -0.369. The fourth-order valence-electron chi connectivity index (χ4n) is 5.06. The lowest BCUT2D eigenvalue weighted by Crippen LogP contribution is -2.39. The van der Waals surface area contributed by atoms with Gasteiger partial charge < -0.3 is 0 Å². The predicted octanol–water partition coefficient (Wildman–Crippen LogP) is 4.60. The molecule has 0 bridgehead atoms. The number of nitrogens with zero attached hydrogens (tertiary/aromatic N) is 6. The molecule has 1 aliphatic heterocycles. The summed E-state index contributed by atoms with van der Waals surface area (Å²) in [7, 11) is -2.34. The van der Waals surface area contributed by atoms with Crippen molar-refractivity contribution in [2.45, 2.75) is 37.0 Å². The highest BCUT2D eigenvalue weighted by atomic mass is 32.2. The topological polar surface area (TPSA) is 76.3 Å². The van der Waals surface area contributed by atoms with Gasteiger partial charge in [-0.05, 0) is 66.9 Å². The van der Waals surface area contributed by atoms with E-state index in [9.17, 15) is 26.0 Å². The molecule has 5 rings (SSSR count). The van der Waals surface area contributed by atoms with Crippen molar-refractivity contribution < 1.29 is 26.0 Å². The molecule has 0 radical (unpaired) electrons. The minimum atomic E-state index is -4.34. The van der Waals surface area contributed by atoms with E-state index in [0.717, 1.165) is 22.0 Å². The highest BCUT2D eigenvalue weighted by Crippen LogP contribution is 2.34. The molecule has 8 nitrogen and oxygen atoms in total. The molecule has 1 fully saturated rings. The van der Waals surface area contributed by atoms with Crippen LogP contribution in [0.3, 0.4) is 0 Å². The minimum Gasteiger partial charge on any atom is -0.295 e. The summed E-state index contributed by atoms with van der Waals surface area (Å²) in [4.78, 5) is 1.72. The van der Waals surface area contributed by atoms with Crippen LogP contribution < -0.4 is 0 Å². The van der Waals surface area contributed by atoms with Crippen molar-refractivity contribution in [3.05, 3.63) is 71.8 Å². The van der Waals surface area contributed by atoms with Crippen LogP contribution in [-0.4, -0.2) is 69.5 Å². The molecule has 0 N–H and O–H groups in total. The molecule has 2 aromatic heterocycles.